The van der Waals surface area contributed by atoms with Crippen LogP contribution in [0.2, 0.25) is 0 Å². The summed E-state index contributed by atoms with van der Waals surface area (Å²) in [5.41, 5.74) is 1.03. The number of nitrogens with zero attached hydrogens (tertiary/aromatic N) is 2. The third-order valence-electron chi connectivity index (χ3n) is 6.44. The number of carbonyl (C=O) groups excluding carboxylic acids is 2. The SMILES string of the molecule is CC1C=C(C(C(=O)NC2CCCCC2)N(C(=O)COc2ccncc2)c2cccc(F)c2)C=CC1. The fourth-order valence-corrected chi connectivity index (χ4v) is 4.71. The number of carbonyl (C=O) groups is 2. The predicted molar refractivity (Wildman–Crippen MR) is 133 cm³/mol. The average Bonchev–Trinajstić information content (AvgIpc) is 2.87. The van der Waals surface area contributed by atoms with Crippen LogP contribution in [0.3, 0.4) is 0 Å². The van der Waals surface area contributed by atoms with Gasteiger partial charge in [0.1, 0.15) is 17.6 Å². The van der Waals surface area contributed by atoms with Gasteiger partial charge in [-0.25, -0.2) is 4.39 Å². The van der Waals surface area contributed by atoms with E-state index >= 15 is 0 Å². The Morgan fingerprint density at radius 3 is 2.66 bits per heavy atom. The number of benzene rings is 1. The van der Waals surface area contributed by atoms with Crippen molar-refractivity contribution in [1.29, 1.82) is 0 Å². The summed E-state index contributed by atoms with van der Waals surface area (Å²) >= 11 is 0. The van der Waals surface area contributed by atoms with Crippen LogP contribution in [0.1, 0.15) is 45.4 Å². The van der Waals surface area contributed by atoms with Crippen LogP contribution < -0.4 is 15.0 Å². The van der Waals surface area contributed by atoms with Crippen LogP contribution in [0.25, 0.3) is 0 Å². The fourth-order valence-electron chi connectivity index (χ4n) is 4.71. The van der Waals surface area contributed by atoms with Crippen LogP contribution in [0, 0.1) is 11.7 Å². The van der Waals surface area contributed by atoms with E-state index in [0.29, 0.717) is 11.4 Å². The molecule has 1 aromatic heterocycles. The molecule has 1 saturated carbocycles. The van der Waals surface area contributed by atoms with Gasteiger partial charge in [0.2, 0.25) is 5.91 Å². The maximum Gasteiger partial charge on any atom is 0.265 e. The Kier molecular flexibility index (Phi) is 8.29. The molecule has 2 aliphatic rings. The molecule has 1 heterocycles. The van der Waals surface area contributed by atoms with E-state index in [2.05, 4.69) is 17.2 Å². The lowest BCUT2D eigenvalue weighted by Crippen LogP contribution is -2.54. The van der Waals surface area contributed by atoms with E-state index in [4.69, 9.17) is 4.74 Å². The minimum Gasteiger partial charge on any atom is -0.484 e. The van der Waals surface area contributed by atoms with Crippen molar-refractivity contribution in [2.24, 2.45) is 5.92 Å². The zero-order valence-corrected chi connectivity index (χ0v) is 20.0. The van der Waals surface area contributed by atoms with Crippen molar-refractivity contribution >= 4 is 17.5 Å². The van der Waals surface area contributed by atoms with E-state index < -0.39 is 17.8 Å². The van der Waals surface area contributed by atoms with E-state index in [9.17, 15) is 14.0 Å². The lowest BCUT2D eigenvalue weighted by atomic mass is 9.91. The number of halogens is 1. The molecule has 0 saturated heterocycles. The summed E-state index contributed by atoms with van der Waals surface area (Å²) in [6.45, 7) is 1.76. The quantitative estimate of drug-likeness (QED) is 0.583. The Morgan fingerprint density at radius 1 is 1.17 bits per heavy atom. The third-order valence-corrected chi connectivity index (χ3v) is 6.44. The predicted octanol–water partition coefficient (Wildman–Crippen LogP) is 4.97. The number of anilines is 1. The van der Waals surface area contributed by atoms with E-state index in [1.807, 2.05) is 18.2 Å². The summed E-state index contributed by atoms with van der Waals surface area (Å²) in [5, 5.41) is 3.17. The largest absolute Gasteiger partial charge is 0.484 e. The van der Waals surface area contributed by atoms with E-state index in [1.165, 1.54) is 23.5 Å². The average molecular weight is 478 g/mol. The van der Waals surface area contributed by atoms with Crippen LogP contribution >= 0.6 is 0 Å². The van der Waals surface area contributed by atoms with Crippen molar-refractivity contribution in [2.45, 2.75) is 57.5 Å². The molecule has 0 aliphatic heterocycles. The molecule has 2 atom stereocenters. The van der Waals surface area contributed by atoms with Crippen molar-refractivity contribution in [3.63, 3.8) is 0 Å². The monoisotopic (exact) mass is 477 g/mol. The smallest absolute Gasteiger partial charge is 0.265 e. The molecule has 4 rings (SSSR count). The zero-order valence-electron chi connectivity index (χ0n) is 20.0. The van der Waals surface area contributed by atoms with Crippen LogP contribution in [0.4, 0.5) is 10.1 Å². The third kappa shape index (κ3) is 6.56. The van der Waals surface area contributed by atoms with Gasteiger partial charge in [0, 0.05) is 24.1 Å². The molecule has 6 nitrogen and oxygen atoms in total. The molecule has 0 spiro atoms. The summed E-state index contributed by atoms with van der Waals surface area (Å²) in [6.07, 6.45) is 15.1. The molecule has 1 fully saturated rings. The number of ether oxygens (including phenoxy) is 1. The summed E-state index contributed by atoms with van der Waals surface area (Å²) < 4.78 is 20.0. The first-order valence-corrected chi connectivity index (χ1v) is 12.3. The summed E-state index contributed by atoms with van der Waals surface area (Å²) in [5.74, 6) is -0.478. The zero-order chi connectivity index (χ0) is 24.6. The highest BCUT2D eigenvalue weighted by molar-refractivity contribution is 6.03. The summed E-state index contributed by atoms with van der Waals surface area (Å²) in [6, 6.07) is 8.22. The summed E-state index contributed by atoms with van der Waals surface area (Å²) in [4.78, 5) is 32.7. The molecular formula is C28H32FN3O3. The molecule has 2 aliphatic carbocycles. The Labute approximate surface area is 205 Å². The first-order chi connectivity index (χ1) is 17.0. The topological polar surface area (TPSA) is 71.5 Å². The minimum atomic E-state index is -0.939. The Morgan fingerprint density at radius 2 is 1.94 bits per heavy atom. The molecule has 7 heteroatoms. The van der Waals surface area contributed by atoms with E-state index in [0.717, 1.165) is 37.7 Å². The molecule has 2 aromatic rings. The molecular weight excluding hydrogens is 445 g/mol. The Hall–Kier alpha value is -3.48. The maximum atomic E-state index is 14.3. The molecule has 2 unspecified atom stereocenters. The Bertz CT molecular complexity index is 1080. The molecule has 35 heavy (non-hydrogen) atoms. The van der Waals surface area contributed by atoms with Gasteiger partial charge in [-0.3, -0.25) is 19.5 Å². The molecule has 2 amide bonds. The van der Waals surface area contributed by atoms with Crippen LogP contribution in [0.15, 0.2) is 72.6 Å². The van der Waals surface area contributed by atoms with Gasteiger partial charge in [0.05, 0.1) is 0 Å². The lowest BCUT2D eigenvalue weighted by Gasteiger charge is -2.34. The number of rotatable bonds is 8. The second-order valence-electron chi connectivity index (χ2n) is 9.24. The van der Waals surface area contributed by atoms with Crippen molar-refractivity contribution in [3.8, 4) is 5.75 Å². The summed E-state index contributed by atoms with van der Waals surface area (Å²) in [7, 11) is 0. The van der Waals surface area contributed by atoms with Crippen LogP contribution in [0.5, 0.6) is 5.75 Å². The second-order valence-corrected chi connectivity index (χ2v) is 9.24. The number of aromatic nitrogens is 1. The minimum absolute atomic E-state index is 0.0712. The molecule has 0 radical (unpaired) electrons. The van der Waals surface area contributed by atoms with Gasteiger partial charge in [-0.15, -0.1) is 0 Å². The highest BCUT2D eigenvalue weighted by Gasteiger charge is 2.35. The number of amides is 2. The second kappa shape index (κ2) is 11.8. The first kappa shape index (κ1) is 24.6. The number of hydrogen-bond acceptors (Lipinski definition) is 4. The van der Waals surface area contributed by atoms with E-state index in [-0.39, 0.29) is 24.5 Å². The normalized spacial score (nSPS) is 18.9. The van der Waals surface area contributed by atoms with Crippen molar-refractivity contribution in [2.75, 3.05) is 11.5 Å². The van der Waals surface area contributed by atoms with Gasteiger partial charge in [-0.05, 0) is 61.1 Å². The Balaban J connectivity index is 1.68. The van der Waals surface area contributed by atoms with Crippen LogP contribution in [-0.4, -0.2) is 35.5 Å². The van der Waals surface area contributed by atoms with Crippen molar-refractivity contribution < 1.29 is 18.7 Å². The number of allylic oxidation sites excluding steroid dienone is 2. The number of hydrogen-bond donors (Lipinski definition) is 1. The fraction of sp³-hybridized carbons (Fsp3) is 0.393. The molecule has 0 bridgehead atoms. The number of nitrogens with one attached hydrogen (secondary N) is 1. The lowest BCUT2D eigenvalue weighted by molar-refractivity contribution is -0.127. The van der Waals surface area contributed by atoms with Gasteiger partial charge in [0.25, 0.3) is 5.91 Å². The maximum absolute atomic E-state index is 14.3. The first-order valence-electron chi connectivity index (χ1n) is 12.3. The van der Waals surface area contributed by atoms with Gasteiger partial charge in [0.15, 0.2) is 6.61 Å². The van der Waals surface area contributed by atoms with Crippen LogP contribution in [-0.2, 0) is 9.59 Å². The van der Waals surface area contributed by atoms with Gasteiger partial charge in [-0.2, -0.15) is 0 Å². The highest BCUT2D eigenvalue weighted by atomic mass is 19.1. The molecule has 1 N–H and O–H groups in total. The van der Waals surface area contributed by atoms with Crippen molar-refractivity contribution in [3.05, 3.63) is 78.4 Å². The molecule has 184 valence electrons. The standard InChI is InChI=1S/C28H32FN3O3/c1-20-7-5-8-21(17-20)27(28(34)31-23-10-3-2-4-11-23)32(24-12-6-9-22(29)18-24)26(33)19-35-25-13-15-30-16-14-25/h5-6,8-9,12-18,20,23,27H,2-4,7,10-11,19H2,1H3,(H,31,34). The van der Waals surface area contributed by atoms with Gasteiger partial charge in [-0.1, -0.05) is 50.5 Å². The highest BCUT2D eigenvalue weighted by Crippen LogP contribution is 2.28. The number of pyridine rings is 1. The molecule has 1 aromatic carbocycles. The van der Waals surface area contributed by atoms with Gasteiger partial charge >= 0.3 is 0 Å². The van der Waals surface area contributed by atoms with Crippen molar-refractivity contribution in [1.82, 2.24) is 10.3 Å². The van der Waals surface area contributed by atoms with E-state index in [1.54, 1.807) is 36.7 Å². The van der Waals surface area contributed by atoms with Gasteiger partial charge < -0.3 is 10.1 Å².